The van der Waals surface area contributed by atoms with Gasteiger partial charge in [-0.15, -0.1) is 0 Å². The van der Waals surface area contributed by atoms with Gasteiger partial charge in [-0.2, -0.15) is 5.10 Å². The lowest BCUT2D eigenvalue weighted by Gasteiger charge is -2.34. The molecule has 2 heterocycles. The molecule has 0 aliphatic carbocycles. The number of hydrogen-bond donors (Lipinski definition) is 0. The number of para-hydroxylation sites is 1. The van der Waals surface area contributed by atoms with E-state index in [0.29, 0.717) is 41.9 Å². The maximum absolute atomic E-state index is 12.9. The van der Waals surface area contributed by atoms with Gasteiger partial charge in [-0.1, -0.05) is 32.0 Å². The van der Waals surface area contributed by atoms with E-state index in [-0.39, 0.29) is 0 Å². The molecule has 25 heavy (non-hydrogen) atoms. The van der Waals surface area contributed by atoms with E-state index in [9.17, 15) is 9.59 Å². The molecule has 132 valence electrons. The van der Waals surface area contributed by atoms with Crippen LogP contribution in [0.15, 0.2) is 30.3 Å². The first-order chi connectivity index (χ1) is 11.9. The quantitative estimate of drug-likeness (QED) is 0.637. The number of ketones is 1. The van der Waals surface area contributed by atoms with Gasteiger partial charge in [0.2, 0.25) is 0 Å². The largest absolute Gasteiger partial charge is 0.335 e. The molecular weight excluding hydrogens is 314 g/mol. The van der Waals surface area contributed by atoms with E-state index < -0.39 is 11.7 Å². The number of carbonyl (C=O) groups is 2. The monoisotopic (exact) mass is 339 g/mol. The second-order valence-electron chi connectivity index (χ2n) is 7.28. The molecule has 1 saturated heterocycles. The molecule has 5 heteroatoms. The van der Waals surface area contributed by atoms with Crippen molar-refractivity contribution in [2.24, 2.45) is 11.8 Å². The van der Waals surface area contributed by atoms with Crippen LogP contribution in [-0.4, -0.2) is 39.5 Å². The van der Waals surface area contributed by atoms with Gasteiger partial charge in [0, 0.05) is 13.1 Å². The van der Waals surface area contributed by atoms with Crippen LogP contribution in [0.3, 0.4) is 0 Å². The number of nitrogens with zero attached hydrogens (tertiary/aromatic N) is 3. The van der Waals surface area contributed by atoms with Gasteiger partial charge in [0.1, 0.15) is 0 Å². The maximum Gasteiger partial charge on any atom is 0.295 e. The number of Topliss-reactive ketones (excluding diaryl/α,β-unsaturated/α-hetero) is 1. The summed E-state index contributed by atoms with van der Waals surface area (Å²) in [6.45, 7) is 9.19. The summed E-state index contributed by atoms with van der Waals surface area (Å²) in [5.74, 6) is 0.000152. The molecule has 1 aliphatic rings. The molecule has 2 unspecified atom stereocenters. The minimum absolute atomic E-state index is 0.405. The summed E-state index contributed by atoms with van der Waals surface area (Å²) in [5, 5.41) is 4.48. The van der Waals surface area contributed by atoms with Crippen LogP contribution < -0.4 is 0 Å². The summed E-state index contributed by atoms with van der Waals surface area (Å²) < 4.78 is 1.73. The number of aromatic nitrogens is 2. The van der Waals surface area contributed by atoms with Crippen molar-refractivity contribution >= 4 is 11.7 Å². The molecule has 2 aromatic rings. The van der Waals surface area contributed by atoms with Crippen molar-refractivity contribution in [3.8, 4) is 5.69 Å². The third-order valence-electron chi connectivity index (χ3n) is 4.87. The van der Waals surface area contributed by atoms with Crippen molar-refractivity contribution in [3.63, 3.8) is 0 Å². The Hall–Kier alpha value is -2.43. The molecule has 1 aromatic carbocycles. The predicted octanol–water partition coefficient (Wildman–Crippen LogP) is 3.18. The number of carbonyl (C=O) groups excluding carboxylic acids is 2. The predicted molar refractivity (Wildman–Crippen MR) is 96.9 cm³/mol. The van der Waals surface area contributed by atoms with Crippen molar-refractivity contribution in [1.82, 2.24) is 14.7 Å². The van der Waals surface area contributed by atoms with E-state index in [1.54, 1.807) is 16.5 Å². The third kappa shape index (κ3) is 3.36. The van der Waals surface area contributed by atoms with E-state index in [0.717, 1.165) is 12.1 Å². The fraction of sp³-hybridized carbons (Fsp3) is 0.450. The number of likely N-dealkylation sites (tertiary alicyclic amines) is 1. The number of benzene rings is 1. The van der Waals surface area contributed by atoms with Crippen molar-refractivity contribution in [1.29, 1.82) is 0 Å². The minimum atomic E-state index is -0.446. The number of hydrogen-bond acceptors (Lipinski definition) is 3. The number of amides is 1. The Morgan fingerprint density at radius 2 is 1.64 bits per heavy atom. The molecule has 0 bridgehead atoms. The van der Waals surface area contributed by atoms with Crippen LogP contribution in [0.25, 0.3) is 5.69 Å². The summed E-state index contributed by atoms with van der Waals surface area (Å²) in [6.07, 6.45) is 1.10. The third-order valence-corrected chi connectivity index (χ3v) is 4.87. The van der Waals surface area contributed by atoms with Crippen molar-refractivity contribution in [2.45, 2.75) is 34.1 Å². The SMILES string of the molecule is Cc1nn(-c2ccccc2)c(C)c1C(=O)C(=O)N1CC(C)CC(C)C1. The topological polar surface area (TPSA) is 55.2 Å². The summed E-state index contributed by atoms with van der Waals surface area (Å²) in [7, 11) is 0. The van der Waals surface area contributed by atoms with Gasteiger partial charge in [0.25, 0.3) is 11.7 Å². The fourth-order valence-corrected chi connectivity index (χ4v) is 3.87. The zero-order chi connectivity index (χ0) is 18.1. The second-order valence-corrected chi connectivity index (χ2v) is 7.28. The van der Waals surface area contributed by atoms with E-state index in [2.05, 4.69) is 18.9 Å². The van der Waals surface area contributed by atoms with Crippen molar-refractivity contribution < 1.29 is 9.59 Å². The van der Waals surface area contributed by atoms with E-state index in [4.69, 9.17) is 0 Å². The zero-order valence-corrected chi connectivity index (χ0v) is 15.3. The van der Waals surface area contributed by atoms with Crippen LogP contribution in [0.1, 0.15) is 42.0 Å². The molecule has 0 saturated carbocycles. The normalized spacial score (nSPS) is 20.6. The molecule has 1 aromatic heterocycles. The van der Waals surface area contributed by atoms with E-state index in [1.807, 2.05) is 37.3 Å². The highest BCUT2D eigenvalue weighted by Gasteiger charge is 2.32. The van der Waals surface area contributed by atoms with Crippen LogP contribution in [0.4, 0.5) is 0 Å². The Bertz CT molecular complexity index is 785. The first-order valence-corrected chi connectivity index (χ1v) is 8.83. The molecule has 0 N–H and O–H groups in total. The lowest BCUT2D eigenvalue weighted by Crippen LogP contribution is -2.45. The average molecular weight is 339 g/mol. The van der Waals surface area contributed by atoms with Crippen LogP contribution in [0, 0.1) is 25.7 Å². The molecule has 0 spiro atoms. The summed E-state index contributed by atoms with van der Waals surface area (Å²) >= 11 is 0. The van der Waals surface area contributed by atoms with Gasteiger partial charge < -0.3 is 4.90 Å². The summed E-state index contributed by atoms with van der Waals surface area (Å²) in [6, 6.07) is 9.65. The van der Waals surface area contributed by atoms with Crippen molar-refractivity contribution in [3.05, 3.63) is 47.3 Å². The number of rotatable bonds is 3. The van der Waals surface area contributed by atoms with E-state index >= 15 is 0 Å². The smallest absolute Gasteiger partial charge is 0.295 e. The van der Waals surface area contributed by atoms with Gasteiger partial charge in [0.05, 0.1) is 22.6 Å². The first kappa shape index (κ1) is 17.4. The van der Waals surface area contributed by atoms with Gasteiger partial charge in [-0.25, -0.2) is 4.68 Å². The standard InChI is InChI=1S/C20H25N3O2/c1-13-10-14(2)12-22(11-13)20(25)19(24)18-15(3)21-23(16(18)4)17-8-6-5-7-9-17/h5-9,13-14H,10-12H2,1-4H3. The van der Waals surface area contributed by atoms with Crippen molar-refractivity contribution in [2.75, 3.05) is 13.1 Å². The number of piperidine rings is 1. The highest BCUT2D eigenvalue weighted by Crippen LogP contribution is 2.23. The molecule has 5 nitrogen and oxygen atoms in total. The zero-order valence-electron chi connectivity index (χ0n) is 15.3. The molecule has 1 amide bonds. The first-order valence-electron chi connectivity index (χ1n) is 8.83. The van der Waals surface area contributed by atoms with Crippen LogP contribution in [-0.2, 0) is 4.79 Å². The molecule has 1 fully saturated rings. The van der Waals surface area contributed by atoms with Crippen LogP contribution >= 0.6 is 0 Å². The summed E-state index contributed by atoms with van der Waals surface area (Å²) in [4.78, 5) is 27.4. The second kappa shape index (κ2) is 6.82. The van der Waals surface area contributed by atoms with Crippen LogP contribution in [0.2, 0.25) is 0 Å². The Balaban J connectivity index is 1.90. The molecule has 0 radical (unpaired) electrons. The van der Waals surface area contributed by atoms with Crippen LogP contribution in [0.5, 0.6) is 0 Å². The highest BCUT2D eigenvalue weighted by atomic mass is 16.2. The fourth-order valence-electron chi connectivity index (χ4n) is 3.87. The average Bonchev–Trinajstić information content (AvgIpc) is 2.88. The van der Waals surface area contributed by atoms with Gasteiger partial charge >= 0.3 is 0 Å². The molecule has 3 rings (SSSR count). The summed E-state index contributed by atoms with van der Waals surface area (Å²) in [5.41, 5.74) is 2.62. The lowest BCUT2D eigenvalue weighted by molar-refractivity contribution is -0.129. The molecule has 2 atom stereocenters. The molecule has 1 aliphatic heterocycles. The van der Waals surface area contributed by atoms with Gasteiger partial charge in [-0.3, -0.25) is 9.59 Å². The number of aryl methyl sites for hydroxylation is 1. The molecular formula is C20H25N3O2. The minimum Gasteiger partial charge on any atom is -0.335 e. The Labute approximate surface area is 148 Å². The Kier molecular flexibility index (Phi) is 4.75. The Morgan fingerprint density at radius 3 is 2.24 bits per heavy atom. The Morgan fingerprint density at radius 1 is 1.04 bits per heavy atom. The maximum atomic E-state index is 12.9. The lowest BCUT2D eigenvalue weighted by atomic mass is 9.91. The van der Waals surface area contributed by atoms with Gasteiger partial charge in [-0.05, 0) is 44.2 Å². The highest BCUT2D eigenvalue weighted by molar-refractivity contribution is 6.43. The van der Waals surface area contributed by atoms with Gasteiger partial charge in [0.15, 0.2) is 0 Å². The van der Waals surface area contributed by atoms with E-state index in [1.165, 1.54) is 0 Å².